The van der Waals surface area contributed by atoms with Crippen molar-refractivity contribution in [1.29, 1.82) is 0 Å². The fourth-order valence-corrected chi connectivity index (χ4v) is 3.32. The van der Waals surface area contributed by atoms with Gasteiger partial charge in [-0.2, -0.15) is 5.10 Å². The lowest BCUT2D eigenvalue weighted by Gasteiger charge is -2.26. The maximum atomic E-state index is 12.7. The topological polar surface area (TPSA) is 72.9 Å². The molecule has 0 spiro atoms. The molecule has 22 heavy (non-hydrogen) atoms. The number of fused-ring (bicyclic) bond motifs is 1. The largest absolute Gasteiger partial charge is 0.399 e. The summed E-state index contributed by atoms with van der Waals surface area (Å²) < 4.78 is 1.75. The summed E-state index contributed by atoms with van der Waals surface area (Å²) in [5, 5.41) is 7.49. The minimum Gasteiger partial charge on any atom is -0.399 e. The molecule has 5 heteroatoms. The number of hydrogen-bond donors (Lipinski definition) is 2. The zero-order chi connectivity index (χ0) is 15.9. The Balaban J connectivity index is 1.87. The maximum absolute atomic E-state index is 12.7. The zero-order valence-electron chi connectivity index (χ0n) is 13.3. The van der Waals surface area contributed by atoms with Crippen molar-refractivity contribution in [1.82, 2.24) is 15.1 Å². The Morgan fingerprint density at radius 3 is 2.86 bits per heavy atom. The molecule has 5 nitrogen and oxygen atoms in total. The molecule has 0 bridgehead atoms. The highest BCUT2D eigenvalue weighted by Crippen LogP contribution is 2.31. The van der Waals surface area contributed by atoms with Crippen LogP contribution < -0.4 is 11.1 Å². The molecule has 1 aliphatic carbocycles. The first-order valence-corrected chi connectivity index (χ1v) is 7.66. The van der Waals surface area contributed by atoms with Gasteiger partial charge in [0.15, 0.2) is 0 Å². The molecule has 1 aromatic carbocycles. The number of aryl methyl sites for hydroxylation is 3. The van der Waals surface area contributed by atoms with Crippen molar-refractivity contribution in [3.8, 4) is 0 Å². The van der Waals surface area contributed by atoms with E-state index in [-0.39, 0.29) is 11.9 Å². The molecule has 1 aliphatic rings. The first kappa shape index (κ1) is 14.6. The summed E-state index contributed by atoms with van der Waals surface area (Å²) in [5.41, 5.74) is 11.4. The molecule has 0 radical (unpaired) electrons. The number of carbonyl (C=O) groups excluding carboxylic acids is 1. The van der Waals surface area contributed by atoms with Crippen LogP contribution >= 0.6 is 0 Å². The average molecular weight is 298 g/mol. The van der Waals surface area contributed by atoms with Gasteiger partial charge in [0.1, 0.15) is 0 Å². The number of carbonyl (C=O) groups is 1. The molecule has 0 aliphatic heterocycles. The Labute approximate surface area is 130 Å². The van der Waals surface area contributed by atoms with Crippen molar-refractivity contribution in [2.75, 3.05) is 5.73 Å². The molecule has 1 aromatic heterocycles. The van der Waals surface area contributed by atoms with Gasteiger partial charge in [0, 0.05) is 18.4 Å². The van der Waals surface area contributed by atoms with E-state index >= 15 is 0 Å². The first-order valence-electron chi connectivity index (χ1n) is 7.66. The van der Waals surface area contributed by atoms with E-state index in [1.807, 2.05) is 39.1 Å². The Morgan fingerprint density at radius 2 is 2.18 bits per heavy atom. The van der Waals surface area contributed by atoms with E-state index < -0.39 is 0 Å². The third kappa shape index (κ3) is 2.47. The standard InChI is InChI=1S/C17H22N4O/c1-10-16(11(2)21(3)20-10)17(22)19-15-6-4-5-12-9-13(18)7-8-14(12)15/h7-9,15H,4-6,18H2,1-3H3,(H,19,22). The Kier molecular flexibility index (Phi) is 3.64. The molecule has 0 fully saturated rings. The minimum absolute atomic E-state index is 0.0437. The van der Waals surface area contributed by atoms with Gasteiger partial charge in [0.25, 0.3) is 5.91 Å². The zero-order valence-corrected chi connectivity index (χ0v) is 13.3. The number of nitrogens with two attached hydrogens (primary N) is 1. The van der Waals surface area contributed by atoms with E-state index in [0.717, 1.165) is 36.3 Å². The lowest BCUT2D eigenvalue weighted by Crippen LogP contribution is -2.31. The van der Waals surface area contributed by atoms with Crippen LogP contribution in [0.5, 0.6) is 0 Å². The highest BCUT2D eigenvalue weighted by atomic mass is 16.1. The van der Waals surface area contributed by atoms with Gasteiger partial charge in [-0.1, -0.05) is 6.07 Å². The summed E-state index contributed by atoms with van der Waals surface area (Å²) in [6.45, 7) is 3.79. The van der Waals surface area contributed by atoms with Gasteiger partial charge in [-0.25, -0.2) is 0 Å². The highest BCUT2D eigenvalue weighted by Gasteiger charge is 2.25. The summed E-state index contributed by atoms with van der Waals surface area (Å²) in [7, 11) is 1.86. The van der Waals surface area contributed by atoms with Crippen molar-refractivity contribution >= 4 is 11.6 Å². The van der Waals surface area contributed by atoms with Gasteiger partial charge < -0.3 is 11.1 Å². The van der Waals surface area contributed by atoms with Crippen molar-refractivity contribution in [2.45, 2.75) is 39.2 Å². The van der Waals surface area contributed by atoms with Gasteiger partial charge in [-0.3, -0.25) is 9.48 Å². The Bertz CT molecular complexity index is 733. The lowest BCUT2D eigenvalue weighted by molar-refractivity contribution is 0.0931. The molecule has 3 N–H and O–H groups in total. The smallest absolute Gasteiger partial charge is 0.255 e. The summed E-state index contributed by atoms with van der Waals surface area (Å²) in [6.07, 6.45) is 3.05. The van der Waals surface area contributed by atoms with Crippen LogP contribution in [0.25, 0.3) is 0 Å². The molecule has 1 unspecified atom stereocenters. The van der Waals surface area contributed by atoms with Gasteiger partial charge in [0.2, 0.25) is 0 Å². The van der Waals surface area contributed by atoms with Crippen LogP contribution in [0.15, 0.2) is 18.2 Å². The molecule has 0 saturated carbocycles. The second-order valence-corrected chi connectivity index (χ2v) is 6.05. The molecular weight excluding hydrogens is 276 g/mol. The van der Waals surface area contributed by atoms with Gasteiger partial charge in [-0.05, 0) is 56.4 Å². The summed E-state index contributed by atoms with van der Waals surface area (Å²) in [4.78, 5) is 12.7. The summed E-state index contributed by atoms with van der Waals surface area (Å²) >= 11 is 0. The van der Waals surface area contributed by atoms with Gasteiger partial charge in [0.05, 0.1) is 17.3 Å². The normalized spacial score (nSPS) is 17.1. The molecule has 3 rings (SSSR count). The third-order valence-electron chi connectivity index (χ3n) is 4.52. The fraction of sp³-hybridized carbons (Fsp3) is 0.412. The lowest BCUT2D eigenvalue weighted by atomic mass is 9.87. The SMILES string of the molecule is Cc1nn(C)c(C)c1C(=O)NC1CCCc2cc(N)ccc21. The van der Waals surface area contributed by atoms with Crippen LogP contribution in [0.4, 0.5) is 5.69 Å². The number of amides is 1. The Hall–Kier alpha value is -2.30. The Morgan fingerprint density at radius 1 is 1.41 bits per heavy atom. The number of nitrogens with one attached hydrogen (secondary N) is 1. The quantitative estimate of drug-likeness (QED) is 0.836. The van der Waals surface area contributed by atoms with Crippen molar-refractivity contribution < 1.29 is 4.79 Å². The number of nitrogens with zero attached hydrogens (tertiary/aromatic N) is 2. The van der Waals surface area contributed by atoms with Crippen LogP contribution in [-0.2, 0) is 13.5 Å². The van der Waals surface area contributed by atoms with Crippen LogP contribution in [0.1, 0.15) is 51.8 Å². The van der Waals surface area contributed by atoms with E-state index in [4.69, 9.17) is 5.73 Å². The van der Waals surface area contributed by atoms with E-state index in [9.17, 15) is 4.79 Å². The molecule has 1 amide bonds. The number of nitrogen functional groups attached to an aromatic ring is 1. The number of aromatic nitrogens is 2. The van der Waals surface area contributed by atoms with Crippen LogP contribution in [-0.4, -0.2) is 15.7 Å². The minimum atomic E-state index is -0.0437. The van der Waals surface area contributed by atoms with E-state index in [0.29, 0.717) is 5.56 Å². The molecular formula is C17H22N4O. The summed E-state index contributed by atoms with van der Waals surface area (Å²) in [5.74, 6) is -0.0437. The number of rotatable bonds is 2. The third-order valence-corrected chi connectivity index (χ3v) is 4.52. The van der Waals surface area contributed by atoms with Crippen molar-refractivity contribution in [3.05, 3.63) is 46.3 Å². The van der Waals surface area contributed by atoms with E-state index in [1.165, 1.54) is 11.1 Å². The number of anilines is 1. The van der Waals surface area contributed by atoms with Crippen LogP contribution in [0.2, 0.25) is 0 Å². The molecule has 116 valence electrons. The predicted molar refractivity (Wildman–Crippen MR) is 86.7 cm³/mol. The van der Waals surface area contributed by atoms with Crippen molar-refractivity contribution in [2.24, 2.45) is 7.05 Å². The first-order chi connectivity index (χ1) is 10.5. The maximum Gasteiger partial charge on any atom is 0.255 e. The van der Waals surface area contributed by atoms with Crippen molar-refractivity contribution in [3.63, 3.8) is 0 Å². The monoisotopic (exact) mass is 298 g/mol. The second-order valence-electron chi connectivity index (χ2n) is 6.05. The summed E-state index contributed by atoms with van der Waals surface area (Å²) in [6, 6.07) is 6.02. The molecule has 2 aromatic rings. The second kappa shape index (κ2) is 5.48. The van der Waals surface area contributed by atoms with Crippen LogP contribution in [0.3, 0.4) is 0 Å². The van der Waals surface area contributed by atoms with Crippen LogP contribution in [0, 0.1) is 13.8 Å². The average Bonchev–Trinajstić information content (AvgIpc) is 2.72. The van der Waals surface area contributed by atoms with E-state index in [2.05, 4.69) is 10.4 Å². The number of benzene rings is 1. The molecule has 1 heterocycles. The highest BCUT2D eigenvalue weighted by molar-refractivity contribution is 5.96. The van der Waals surface area contributed by atoms with E-state index in [1.54, 1.807) is 4.68 Å². The molecule has 1 atom stereocenters. The number of hydrogen-bond acceptors (Lipinski definition) is 3. The predicted octanol–water partition coefficient (Wildman–Crippen LogP) is 2.43. The van der Waals surface area contributed by atoms with Gasteiger partial charge in [-0.15, -0.1) is 0 Å². The fourth-order valence-electron chi connectivity index (χ4n) is 3.32. The van der Waals surface area contributed by atoms with Gasteiger partial charge >= 0.3 is 0 Å². The molecule has 0 saturated heterocycles.